The summed E-state index contributed by atoms with van der Waals surface area (Å²) in [6, 6.07) is 13.7. The van der Waals surface area contributed by atoms with Crippen LogP contribution in [0.5, 0.6) is 5.75 Å². The van der Waals surface area contributed by atoms with Gasteiger partial charge in [0.05, 0.1) is 31.6 Å². The number of nitrogens with zero attached hydrogens (tertiary/aromatic N) is 1. The van der Waals surface area contributed by atoms with Crippen molar-refractivity contribution in [1.29, 1.82) is 0 Å². The zero-order valence-corrected chi connectivity index (χ0v) is 16.5. The number of methoxy groups -OCH3 is 1. The van der Waals surface area contributed by atoms with Crippen molar-refractivity contribution in [1.82, 2.24) is 4.31 Å². The van der Waals surface area contributed by atoms with Crippen LogP contribution < -0.4 is 4.74 Å². The van der Waals surface area contributed by atoms with Crippen LogP contribution in [0.25, 0.3) is 0 Å². The Bertz CT molecular complexity index is 922. The highest BCUT2D eigenvalue weighted by atomic mass is 32.2. The van der Waals surface area contributed by atoms with Gasteiger partial charge in [0, 0.05) is 18.7 Å². The molecule has 150 valence electrons. The summed E-state index contributed by atoms with van der Waals surface area (Å²) in [4.78, 5) is 12.4. The largest absolute Gasteiger partial charge is 0.496 e. The number of morpholine rings is 1. The standard InChI is InChI=1S/C20H23NO6S/c1-25-19-8-3-2-6-17(19)14-20(22)27-15-16-5-4-7-18(13-16)28(23,24)21-9-11-26-12-10-21/h2-8,13H,9-12,14-15H2,1H3. The van der Waals surface area contributed by atoms with Gasteiger partial charge in [0.25, 0.3) is 0 Å². The van der Waals surface area contributed by atoms with Crippen LogP contribution in [0.1, 0.15) is 11.1 Å². The molecule has 2 aromatic carbocycles. The molecule has 0 bridgehead atoms. The van der Waals surface area contributed by atoms with E-state index in [1.807, 2.05) is 12.1 Å². The fourth-order valence-electron chi connectivity index (χ4n) is 2.95. The second-order valence-corrected chi connectivity index (χ2v) is 8.25. The molecule has 7 nitrogen and oxygen atoms in total. The number of para-hydroxylation sites is 1. The van der Waals surface area contributed by atoms with Crippen LogP contribution in [0.2, 0.25) is 0 Å². The molecule has 3 rings (SSSR count). The van der Waals surface area contributed by atoms with Gasteiger partial charge in [-0.15, -0.1) is 0 Å². The van der Waals surface area contributed by atoms with Crippen LogP contribution >= 0.6 is 0 Å². The van der Waals surface area contributed by atoms with E-state index in [-0.39, 0.29) is 17.9 Å². The van der Waals surface area contributed by atoms with Gasteiger partial charge in [0.1, 0.15) is 12.4 Å². The SMILES string of the molecule is COc1ccccc1CC(=O)OCc1cccc(S(=O)(=O)N2CCOCC2)c1. The number of sulfonamides is 1. The van der Waals surface area contributed by atoms with Gasteiger partial charge in [-0.2, -0.15) is 4.31 Å². The topological polar surface area (TPSA) is 82.1 Å². The van der Waals surface area contributed by atoms with Gasteiger partial charge in [-0.3, -0.25) is 4.79 Å². The van der Waals surface area contributed by atoms with Gasteiger partial charge in [-0.25, -0.2) is 8.42 Å². The first-order valence-electron chi connectivity index (χ1n) is 8.95. The summed E-state index contributed by atoms with van der Waals surface area (Å²) in [6.45, 7) is 1.44. The van der Waals surface area contributed by atoms with E-state index in [1.165, 1.54) is 4.31 Å². The third kappa shape index (κ3) is 4.89. The van der Waals surface area contributed by atoms with Crippen LogP contribution in [-0.2, 0) is 37.3 Å². The number of benzene rings is 2. The minimum Gasteiger partial charge on any atom is -0.496 e. The highest BCUT2D eigenvalue weighted by Gasteiger charge is 2.26. The molecule has 0 aliphatic carbocycles. The maximum absolute atomic E-state index is 12.7. The molecule has 2 aromatic rings. The normalized spacial score (nSPS) is 15.2. The van der Waals surface area contributed by atoms with Gasteiger partial charge >= 0.3 is 5.97 Å². The summed E-state index contributed by atoms with van der Waals surface area (Å²) in [5, 5.41) is 0. The fourth-order valence-corrected chi connectivity index (χ4v) is 4.43. The zero-order chi connectivity index (χ0) is 20.0. The summed E-state index contributed by atoms with van der Waals surface area (Å²) in [5.74, 6) is 0.212. The highest BCUT2D eigenvalue weighted by molar-refractivity contribution is 7.89. The summed E-state index contributed by atoms with van der Waals surface area (Å²) in [5.41, 5.74) is 1.35. The molecule has 28 heavy (non-hydrogen) atoms. The van der Waals surface area contributed by atoms with Crippen molar-refractivity contribution in [3.63, 3.8) is 0 Å². The molecular formula is C20H23NO6S. The maximum Gasteiger partial charge on any atom is 0.310 e. The number of esters is 1. The van der Waals surface area contributed by atoms with Crippen LogP contribution in [-0.4, -0.2) is 52.1 Å². The molecule has 8 heteroatoms. The molecular weight excluding hydrogens is 382 g/mol. The van der Waals surface area contributed by atoms with Crippen molar-refractivity contribution < 1.29 is 27.4 Å². The zero-order valence-electron chi connectivity index (χ0n) is 15.7. The van der Waals surface area contributed by atoms with E-state index < -0.39 is 16.0 Å². The average molecular weight is 405 g/mol. The van der Waals surface area contributed by atoms with Crippen molar-refractivity contribution in [3.8, 4) is 5.75 Å². The lowest BCUT2D eigenvalue weighted by Gasteiger charge is -2.26. The third-order valence-corrected chi connectivity index (χ3v) is 6.33. The van der Waals surface area contributed by atoms with Crippen molar-refractivity contribution in [2.75, 3.05) is 33.4 Å². The molecule has 0 saturated carbocycles. The van der Waals surface area contributed by atoms with E-state index in [4.69, 9.17) is 14.2 Å². The molecule has 0 radical (unpaired) electrons. The average Bonchev–Trinajstić information content (AvgIpc) is 2.73. The minimum atomic E-state index is -3.58. The van der Waals surface area contributed by atoms with Gasteiger partial charge < -0.3 is 14.2 Å². The second kappa shape index (κ2) is 9.18. The fraction of sp³-hybridized carbons (Fsp3) is 0.350. The summed E-state index contributed by atoms with van der Waals surface area (Å²) in [6.07, 6.45) is 0.0791. The van der Waals surface area contributed by atoms with E-state index in [0.29, 0.717) is 37.6 Å². The van der Waals surface area contributed by atoms with Crippen molar-refractivity contribution >= 4 is 16.0 Å². The first-order valence-corrected chi connectivity index (χ1v) is 10.4. The van der Waals surface area contributed by atoms with Crippen LogP contribution in [0.4, 0.5) is 0 Å². The molecule has 0 aromatic heterocycles. The van der Waals surface area contributed by atoms with Crippen molar-refractivity contribution in [2.45, 2.75) is 17.9 Å². The van der Waals surface area contributed by atoms with E-state index in [0.717, 1.165) is 5.56 Å². The molecule has 0 atom stereocenters. The quantitative estimate of drug-likeness (QED) is 0.656. The van der Waals surface area contributed by atoms with Gasteiger partial charge in [0.2, 0.25) is 10.0 Å². The van der Waals surface area contributed by atoms with E-state index in [2.05, 4.69) is 0 Å². The molecule has 0 spiro atoms. The Morgan fingerprint density at radius 3 is 2.61 bits per heavy atom. The van der Waals surface area contributed by atoms with Crippen LogP contribution in [0.3, 0.4) is 0 Å². The molecule has 0 N–H and O–H groups in total. The molecule has 0 amide bonds. The number of hydrogen-bond donors (Lipinski definition) is 0. The number of ether oxygens (including phenoxy) is 3. The Kier molecular flexibility index (Phi) is 6.66. The monoisotopic (exact) mass is 405 g/mol. The van der Waals surface area contributed by atoms with Crippen molar-refractivity contribution in [2.24, 2.45) is 0 Å². The third-order valence-electron chi connectivity index (χ3n) is 4.43. The van der Waals surface area contributed by atoms with Crippen molar-refractivity contribution in [3.05, 3.63) is 59.7 Å². The van der Waals surface area contributed by atoms with Gasteiger partial charge in [-0.1, -0.05) is 30.3 Å². The lowest BCUT2D eigenvalue weighted by atomic mass is 10.1. The molecule has 1 heterocycles. The minimum absolute atomic E-state index is 0.000450. The lowest BCUT2D eigenvalue weighted by molar-refractivity contribution is -0.144. The number of carbonyl (C=O) groups is 1. The first-order chi connectivity index (χ1) is 13.5. The number of rotatable bonds is 7. The summed E-state index contributed by atoms with van der Waals surface area (Å²) >= 11 is 0. The van der Waals surface area contributed by atoms with Gasteiger partial charge in [-0.05, 0) is 23.8 Å². The Balaban J connectivity index is 1.64. The predicted octanol–water partition coefficient (Wildman–Crippen LogP) is 2.00. The van der Waals surface area contributed by atoms with E-state index in [9.17, 15) is 13.2 Å². The Morgan fingerprint density at radius 1 is 1.11 bits per heavy atom. The van der Waals surface area contributed by atoms with Crippen LogP contribution in [0, 0.1) is 0 Å². The molecule has 1 fully saturated rings. The number of carbonyl (C=O) groups excluding carboxylic acids is 1. The number of hydrogen-bond acceptors (Lipinski definition) is 6. The van der Waals surface area contributed by atoms with E-state index in [1.54, 1.807) is 43.5 Å². The highest BCUT2D eigenvalue weighted by Crippen LogP contribution is 2.20. The molecule has 1 saturated heterocycles. The maximum atomic E-state index is 12.7. The Morgan fingerprint density at radius 2 is 1.86 bits per heavy atom. The summed E-state index contributed by atoms with van der Waals surface area (Å²) < 4.78 is 42.6. The Labute approximate surface area is 164 Å². The van der Waals surface area contributed by atoms with Crippen LogP contribution in [0.15, 0.2) is 53.4 Å². The molecule has 1 aliphatic heterocycles. The molecule has 1 aliphatic rings. The molecule has 0 unspecified atom stereocenters. The predicted molar refractivity (Wildman–Crippen MR) is 103 cm³/mol. The lowest BCUT2D eigenvalue weighted by Crippen LogP contribution is -2.40. The first kappa shape index (κ1) is 20.3. The smallest absolute Gasteiger partial charge is 0.310 e. The van der Waals surface area contributed by atoms with Gasteiger partial charge in [0.15, 0.2) is 0 Å². The second-order valence-electron chi connectivity index (χ2n) is 6.31. The summed E-state index contributed by atoms with van der Waals surface area (Å²) in [7, 11) is -2.04. The Hall–Kier alpha value is -2.42. The van der Waals surface area contributed by atoms with E-state index >= 15 is 0 Å².